The van der Waals surface area contributed by atoms with Crippen LogP contribution in [0.2, 0.25) is 0 Å². The van der Waals surface area contributed by atoms with Crippen molar-refractivity contribution < 1.29 is 0 Å². The maximum absolute atomic E-state index is 7.48. The predicted octanol–water partition coefficient (Wildman–Crippen LogP) is 1.74. The molecule has 0 radical (unpaired) electrons. The van der Waals surface area contributed by atoms with E-state index in [-0.39, 0.29) is 5.84 Å². The molecule has 17 heavy (non-hydrogen) atoms. The first-order valence-electron chi connectivity index (χ1n) is 6.31. The summed E-state index contributed by atoms with van der Waals surface area (Å²) in [6, 6.07) is 4.42. The third-order valence-corrected chi connectivity index (χ3v) is 3.49. The van der Waals surface area contributed by atoms with Crippen molar-refractivity contribution in [3.05, 3.63) is 23.9 Å². The van der Waals surface area contributed by atoms with E-state index in [2.05, 4.69) is 9.88 Å². The molecular formula is C13H18N4. The van der Waals surface area contributed by atoms with Gasteiger partial charge in [0, 0.05) is 24.3 Å². The Morgan fingerprint density at radius 2 is 2.18 bits per heavy atom. The van der Waals surface area contributed by atoms with Crippen molar-refractivity contribution in [1.82, 2.24) is 4.98 Å². The summed E-state index contributed by atoms with van der Waals surface area (Å²) in [7, 11) is 0. The molecule has 1 aromatic rings. The first-order chi connectivity index (χ1) is 8.24. The van der Waals surface area contributed by atoms with Crippen LogP contribution in [0.3, 0.4) is 0 Å². The summed E-state index contributed by atoms with van der Waals surface area (Å²) in [5.74, 6) is 1.97. The van der Waals surface area contributed by atoms with E-state index in [4.69, 9.17) is 11.1 Å². The fraction of sp³-hybridized carbons (Fsp3) is 0.538. The molecule has 4 heteroatoms. The van der Waals surface area contributed by atoms with Crippen molar-refractivity contribution >= 4 is 11.7 Å². The fourth-order valence-electron chi connectivity index (χ4n) is 2.14. The van der Waals surface area contributed by atoms with Crippen LogP contribution < -0.4 is 10.6 Å². The highest BCUT2D eigenvalue weighted by Gasteiger charge is 2.34. The Labute approximate surface area is 101 Å². The number of nitrogen functional groups attached to an aromatic ring is 1. The van der Waals surface area contributed by atoms with Gasteiger partial charge < -0.3 is 10.6 Å². The Bertz CT molecular complexity index is 435. The van der Waals surface area contributed by atoms with Crippen molar-refractivity contribution in [3.8, 4) is 0 Å². The van der Waals surface area contributed by atoms with Gasteiger partial charge in [-0.15, -0.1) is 0 Å². The quantitative estimate of drug-likeness (QED) is 0.598. The molecule has 0 aromatic carbocycles. The molecule has 2 fully saturated rings. The van der Waals surface area contributed by atoms with E-state index in [1.54, 1.807) is 12.3 Å². The Morgan fingerprint density at radius 3 is 2.76 bits per heavy atom. The molecule has 4 nitrogen and oxygen atoms in total. The maximum atomic E-state index is 7.48. The van der Waals surface area contributed by atoms with E-state index in [1.807, 2.05) is 6.07 Å². The molecule has 0 spiro atoms. The molecule has 2 saturated carbocycles. The SMILES string of the molecule is N=C(N)c1ccnc(N(CC2CC2)C2CC2)c1. The largest absolute Gasteiger partial charge is 0.384 e. The van der Waals surface area contributed by atoms with Gasteiger partial charge in [-0.2, -0.15) is 0 Å². The number of hydrogen-bond acceptors (Lipinski definition) is 3. The molecule has 3 N–H and O–H groups in total. The molecule has 3 rings (SSSR count). The van der Waals surface area contributed by atoms with Gasteiger partial charge in [-0.25, -0.2) is 4.98 Å². The van der Waals surface area contributed by atoms with Crippen molar-refractivity contribution in [2.75, 3.05) is 11.4 Å². The van der Waals surface area contributed by atoms with Crippen molar-refractivity contribution in [2.45, 2.75) is 31.7 Å². The van der Waals surface area contributed by atoms with Crippen LogP contribution >= 0.6 is 0 Å². The number of nitrogens with two attached hydrogens (primary N) is 1. The number of pyridine rings is 1. The average molecular weight is 230 g/mol. The lowest BCUT2D eigenvalue weighted by Crippen LogP contribution is -2.29. The fourth-order valence-corrected chi connectivity index (χ4v) is 2.14. The normalized spacial score (nSPS) is 19.1. The highest BCUT2D eigenvalue weighted by atomic mass is 15.2. The second-order valence-electron chi connectivity index (χ2n) is 5.14. The molecule has 2 aliphatic rings. The van der Waals surface area contributed by atoms with Crippen LogP contribution in [0.25, 0.3) is 0 Å². The molecule has 0 saturated heterocycles. The zero-order valence-corrected chi connectivity index (χ0v) is 9.89. The second kappa shape index (κ2) is 4.02. The van der Waals surface area contributed by atoms with Crippen LogP contribution in [-0.4, -0.2) is 23.4 Å². The highest BCUT2D eigenvalue weighted by molar-refractivity contribution is 5.95. The van der Waals surface area contributed by atoms with Crippen LogP contribution in [0.1, 0.15) is 31.2 Å². The van der Waals surface area contributed by atoms with E-state index < -0.39 is 0 Å². The molecule has 1 aromatic heterocycles. The van der Waals surface area contributed by atoms with Gasteiger partial charge >= 0.3 is 0 Å². The zero-order chi connectivity index (χ0) is 11.8. The molecule has 2 aliphatic carbocycles. The molecule has 0 bridgehead atoms. The lowest BCUT2D eigenvalue weighted by molar-refractivity contribution is 0.709. The first kappa shape index (κ1) is 10.6. The van der Waals surface area contributed by atoms with E-state index in [0.29, 0.717) is 6.04 Å². The Balaban J connectivity index is 1.83. The third-order valence-electron chi connectivity index (χ3n) is 3.49. The van der Waals surface area contributed by atoms with Gasteiger partial charge in [0.05, 0.1) is 0 Å². The number of aromatic nitrogens is 1. The number of amidine groups is 1. The van der Waals surface area contributed by atoms with Gasteiger partial charge in [-0.05, 0) is 43.7 Å². The van der Waals surface area contributed by atoms with Gasteiger partial charge in [0.2, 0.25) is 0 Å². The summed E-state index contributed by atoms with van der Waals surface area (Å²) in [4.78, 5) is 6.84. The average Bonchev–Trinajstić information content (AvgIpc) is 3.18. The lowest BCUT2D eigenvalue weighted by atomic mass is 10.2. The van der Waals surface area contributed by atoms with Crippen molar-refractivity contribution in [3.63, 3.8) is 0 Å². The van der Waals surface area contributed by atoms with Gasteiger partial charge in [0.15, 0.2) is 0 Å². The van der Waals surface area contributed by atoms with Crippen LogP contribution in [0.4, 0.5) is 5.82 Å². The van der Waals surface area contributed by atoms with E-state index >= 15 is 0 Å². The summed E-state index contributed by atoms with van der Waals surface area (Å²) in [5, 5.41) is 7.48. The lowest BCUT2D eigenvalue weighted by Gasteiger charge is -2.23. The molecule has 0 unspecified atom stereocenters. The molecule has 0 aliphatic heterocycles. The minimum absolute atomic E-state index is 0.121. The summed E-state index contributed by atoms with van der Waals surface area (Å²) in [6.07, 6.45) is 7.02. The summed E-state index contributed by atoms with van der Waals surface area (Å²) < 4.78 is 0. The minimum atomic E-state index is 0.121. The first-order valence-corrected chi connectivity index (χ1v) is 6.31. The number of nitrogens with one attached hydrogen (secondary N) is 1. The molecule has 0 amide bonds. The van der Waals surface area contributed by atoms with Crippen LogP contribution in [-0.2, 0) is 0 Å². The van der Waals surface area contributed by atoms with E-state index in [1.165, 1.54) is 25.7 Å². The minimum Gasteiger partial charge on any atom is -0.384 e. The molecule has 1 heterocycles. The van der Waals surface area contributed by atoms with E-state index in [0.717, 1.165) is 23.8 Å². The molecule has 90 valence electrons. The smallest absolute Gasteiger partial charge is 0.129 e. The number of rotatable bonds is 5. The van der Waals surface area contributed by atoms with Crippen molar-refractivity contribution in [2.24, 2.45) is 11.7 Å². The summed E-state index contributed by atoms with van der Waals surface area (Å²) in [6.45, 7) is 1.12. The standard InChI is InChI=1S/C13H18N4/c14-13(15)10-5-6-16-12(7-10)17(11-3-4-11)8-9-1-2-9/h5-7,9,11H,1-4,8H2,(H3,14,15). The number of nitrogens with zero attached hydrogens (tertiary/aromatic N) is 2. The monoisotopic (exact) mass is 230 g/mol. The van der Waals surface area contributed by atoms with Gasteiger partial charge in [-0.3, -0.25) is 5.41 Å². The maximum Gasteiger partial charge on any atom is 0.129 e. The van der Waals surface area contributed by atoms with E-state index in [9.17, 15) is 0 Å². The number of anilines is 1. The summed E-state index contributed by atoms with van der Waals surface area (Å²) >= 11 is 0. The third kappa shape index (κ3) is 2.40. The number of hydrogen-bond donors (Lipinski definition) is 2. The van der Waals surface area contributed by atoms with Gasteiger partial charge in [0.25, 0.3) is 0 Å². The topological polar surface area (TPSA) is 66.0 Å². The van der Waals surface area contributed by atoms with Crippen molar-refractivity contribution in [1.29, 1.82) is 5.41 Å². The Kier molecular flexibility index (Phi) is 2.50. The predicted molar refractivity (Wildman–Crippen MR) is 68.3 cm³/mol. The Hall–Kier alpha value is -1.58. The molecular weight excluding hydrogens is 212 g/mol. The molecule has 0 atom stereocenters. The van der Waals surface area contributed by atoms with Crippen LogP contribution in [0, 0.1) is 11.3 Å². The second-order valence-corrected chi connectivity index (χ2v) is 5.14. The van der Waals surface area contributed by atoms with Gasteiger partial charge in [-0.1, -0.05) is 0 Å². The van der Waals surface area contributed by atoms with Gasteiger partial charge in [0.1, 0.15) is 11.7 Å². The van der Waals surface area contributed by atoms with Crippen LogP contribution in [0.5, 0.6) is 0 Å². The Morgan fingerprint density at radius 1 is 1.41 bits per heavy atom. The zero-order valence-electron chi connectivity index (χ0n) is 9.89. The summed E-state index contributed by atoms with van der Waals surface area (Å²) in [5.41, 5.74) is 6.30. The van der Waals surface area contributed by atoms with Crippen LogP contribution in [0.15, 0.2) is 18.3 Å². The highest BCUT2D eigenvalue weighted by Crippen LogP contribution is 2.37.